The molecule has 3 aromatic rings. The van der Waals surface area contributed by atoms with E-state index < -0.39 is 0 Å². The summed E-state index contributed by atoms with van der Waals surface area (Å²) in [7, 11) is 1.65. The molecule has 0 saturated heterocycles. The van der Waals surface area contributed by atoms with Gasteiger partial charge in [-0.15, -0.1) is 0 Å². The van der Waals surface area contributed by atoms with Crippen LogP contribution in [-0.4, -0.2) is 17.7 Å². The molecule has 0 bridgehead atoms. The standard InChI is InChI=1S/C21H18Br2O2/c1-13-3-5-14(6-4-13)19(22)20(23)21(24)17-8-7-16-12-18(25-2)10-9-15(16)11-17/h3-12,19-20H,1-2H3. The molecule has 0 N–H and O–H groups in total. The Morgan fingerprint density at radius 3 is 2.24 bits per heavy atom. The lowest BCUT2D eigenvalue weighted by molar-refractivity contribution is 0.0991. The Bertz CT molecular complexity index is 903. The van der Waals surface area contributed by atoms with Crippen molar-refractivity contribution in [3.8, 4) is 5.75 Å². The predicted molar refractivity (Wildman–Crippen MR) is 110 cm³/mol. The summed E-state index contributed by atoms with van der Waals surface area (Å²) >= 11 is 7.23. The summed E-state index contributed by atoms with van der Waals surface area (Å²) in [6.07, 6.45) is 0. The van der Waals surface area contributed by atoms with Crippen LogP contribution in [0.5, 0.6) is 5.75 Å². The van der Waals surface area contributed by atoms with E-state index in [1.54, 1.807) is 7.11 Å². The molecule has 0 saturated carbocycles. The van der Waals surface area contributed by atoms with Crippen LogP contribution in [-0.2, 0) is 0 Å². The largest absolute Gasteiger partial charge is 0.497 e. The molecule has 3 rings (SSSR count). The molecule has 2 unspecified atom stereocenters. The molecule has 0 aliphatic heterocycles. The molecule has 4 heteroatoms. The van der Waals surface area contributed by atoms with Crippen molar-refractivity contribution in [3.05, 3.63) is 77.4 Å². The van der Waals surface area contributed by atoms with Crippen molar-refractivity contribution in [3.63, 3.8) is 0 Å². The normalized spacial score (nSPS) is 13.4. The number of Topliss-reactive ketones (excluding diaryl/α,β-unsaturated/α-hetero) is 1. The van der Waals surface area contributed by atoms with Crippen molar-refractivity contribution in [1.82, 2.24) is 0 Å². The Kier molecular flexibility index (Phi) is 5.60. The van der Waals surface area contributed by atoms with Crippen molar-refractivity contribution in [2.75, 3.05) is 7.11 Å². The van der Waals surface area contributed by atoms with Gasteiger partial charge in [0.15, 0.2) is 5.78 Å². The van der Waals surface area contributed by atoms with Gasteiger partial charge < -0.3 is 4.74 Å². The minimum atomic E-state index is -0.342. The van der Waals surface area contributed by atoms with Crippen LogP contribution in [0, 0.1) is 6.92 Å². The molecular weight excluding hydrogens is 444 g/mol. The Morgan fingerprint density at radius 1 is 0.920 bits per heavy atom. The van der Waals surface area contributed by atoms with Gasteiger partial charge >= 0.3 is 0 Å². The van der Waals surface area contributed by atoms with Gasteiger partial charge in [0.25, 0.3) is 0 Å². The zero-order chi connectivity index (χ0) is 18.0. The maximum atomic E-state index is 12.9. The number of carbonyl (C=O) groups excluding carboxylic acids is 1. The fourth-order valence-corrected chi connectivity index (χ4v) is 3.83. The van der Waals surface area contributed by atoms with E-state index >= 15 is 0 Å². The van der Waals surface area contributed by atoms with Crippen molar-refractivity contribution < 1.29 is 9.53 Å². The number of carbonyl (C=O) groups is 1. The topological polar surface area (TPSA) is 26.3 Å². The Hall–Kier alpha value is -1.65. The van der Waals surface area contributed by atoms with Gasteiger partial charge in [0.2, 0.25) is 0 Å². The van der Waals surface area contributed by atoms with Crippen LogP contribution >= 0.6 is 31.9 Å². The zero-order valence-electron chi connectivity index (χ0n) is 14.0. The second-order valence-electron chi connectivity index (χ2n) is 6.01. The first kappa shape index (κ1) is 18.2. The van der Waals surface area contributed by atoms with Gasteiger partial charge in [0.05, 0.1) is 16.8 Å². The molecule has 0 aliphatic rings. The quantitative estimate of drug-likeness (QED) is 0.332. The molecule has 0 aliphatic carbocycles. The maximum Gasteiger partial charge on any atom is 0.177 e. The summed E-state index contributed by atoms with van der Waals surface area (Å²) in [5.74, 6) is 0.866. The van der Waals surface area contributed by atoms with Crippen LogP contribution < -0.4 is 4.74 Å². The van der Waals surface area contributed by atoms with E-state index in [9.17, 15) is 4.79 Å². The van der Waals surface area contributed by atoms with E-state index in [0.717, 1.165) is 22.1 Å². The molecular formula is C21H18Br2O2. The summed E-state index contributed by atoms with van der Waals surface area (Å²) in [5, 5.41) is 2.07. The molecule has 0 aromatic heterocycles. The minimum absolute atomic E-state index is 0.0557. The second kappa shape index (κ2) is 7.71. The first-order valence-electron chi connectivity index (χ1n) is 7.96. The smallest absolute Gasteiger partial charge is 0.177 e. The molecule has 0 fully saturated rings. The van der Waals surface area contributed by atoms with Gasteiger partial charge in [0.1, 0.15) is 5.75 Å². The van der Waals surface area contributed by atoms with Crippen molar-refractivity contribution in [2.45, 2.75) is 16.6 Å². The highest BCUT2D eigenvalue weighted by atomic mass is 79.9. The average Bonchev–Trinajstić information content (AvgIpc) is 2.66. The highest BCUT2D eigenvalue weighted by molar-refractivity contribution is 9.12. The Labute approximate surface area is 164 Å². The van der Waals surface area contributed by atoms with E-state index in [1.165, 1.54) is 5.56 Å². The molecule has 25 heavy (non-hydrogen) atoms. The van der Waals surface area contributed by atoms with Gasteiger partial charge in [-0.2, -0.15) is 0 Å². The van der Waals surface area contributed by atoms with Crippen LogP contribution in [0.2, 0.25) is 0 Å². The van der Waals surface area contributed by atoms with Crippen LogP contribution in [0.1, 0.15) is 26.3 Å². The number of methoxy groups -OCH3 is 1. The molecule has 0 amide bonds. The number of alkyl halides is 2. The first-order chi connectivity index (χ1) is 12.0. The lowest BCUT2D eigenvalue weighted by atomic mass is 9.99. The van der Waals surface area contributed by atoms with E-state index in [0.29, 0.717) is 5.56 Å². The molecule has 2 atom stereocenters. The fraction of sp³-hybridized carbons (Fsp3) is 0.190. The first-order valence-corrected chi connectivity index (χ1v) is 9.79. The SMILES string of the molecule is COc1ccc2cc(C(=O)C(Br)C(Br)c3ccc(C)cc3)ccc2c1. The molecule has 2 nitrogen and oxygen atoms in total. The van der Waals surface area contributed by atoms with Gasteiger partial charge in [-0.05, 0) is 41.5 Å². The Balaban J connectivity index is 1.86. The second-order valence-corrected chi connectivity index (χ2v) is 7.98. The van der Waals surface area contributed by atoms with Crippen molar-refractivity contribution in [2.24, 2.45) is 0 Å². The third kappa shape index (κ3) is 3.96. The lowest BCUT2D eigenvalue weighted by Gasteiger charge is -2.17. The molecule has 0 spiro atoms. The number of benzene rings is 3. The summed E-state index contributed by atoms with van der Waals surface area (Å²) < 4.78 is 5.25. The number of halogens is 2. The number of hydrogen-bond donors (Lipinski definition) is 0. The van der Waals surface area contributed by atoms with Gasteiger partial charge in [-0.3, -0.25) is 4.79 Å². The van der Waals surface area contributed by atoms with E-state index in [1.807, 2.05) is 55.5 Å². The molecule has 0 heterocycles. The van der Waals surface area contributed by atoms with Crippen LogP contribution in [0.4, 0.5) is 0 Å². The van der Waals surface area contributed by atoms with Gasteiger partial charge in [-0.1, -0.05) is 79.9 Å². The summed E-state index contributed by atoms with van der Waals surface area (Å²) in [4.78, 5) is 12.5. The van der Waals surface area contributed by atoms with E-state index in [4.69, 9.17) is 4.74 Å². The minimum Gasteiger partial charge on any atom is -0.497 e. The maximum absolute atomic E-state index is 12.9. The van der Waals surface area contributed by atoms with E-state index in [-0.39, 0.29) is 15.4 Å². The number of hydrogen-bond acceptors (Lipinski definition) is 2. The highest BCUT2D eigenvalue weighted by Gasteiger charge is 2.26. The molecule has 128 valence electrons. The van der Waals surface area contributed by atoms with Gasteiger partial charge in [0, 0.05) is 5.56 Å². The summed E-state index contributed by atoms with van der Waals surface area (Å²) in [6, 6.07) is 19.8. The third-order valence-electron chi connectivity index (χ3n) is 4.24. The van der Waals surface area contributed by atoms with E-state index in [2.05, 4.69) is 44.0 Å². The van der Waals surface area contributed by atoms with Crippen molar-refractivity contribution >= 4 is 48.4 Å². The number of fused-ring (bicyclic) bond motifs is 1. The monoisotopic (exact) mass is 460 g/mol. The zero-order valence-corrected chi connectivity index (χ0v) is 17.2. The number of ketones is 1. The number of ether oxygens (including phenoxy) is 1. The number of aryl methyl sites for hydroxylation is 1. The molecule has 0 radical (unpaired) electrons. The summed E-state index contributed by atoms with van der Waals surface area (Å²) in [5.41, 5.74) is 2.97. The number of rotatable bonds is 5. The van der Waals surface area contributed by atoms with Crippen molar-refractivity contribution in [1.29, 1.82) is 0 Å². The van der Waals surface area contributed by atoms with Crippen LogP contribution in [0.15, 0.2) is 60.7 Å². The highest BCUT2D eigenvalue weighted by Crippen LogP contribution is 2.34. The van der Waals surface area contributed by atoms with Crippen LogP contribution in [0.3, 0.4) is 0 Å². The Morgan fingerprint density at radius 2 is 1.56 bits per heavy atom. The third-order valence-corrected chi connectivity index (χ3v) is 6.95. The van der Waals surface area contributed by atoms with Gasteiger partial charge in [-0.25, -0.2) is 0 Å². The predicted octanol–water partition coefficient (Wildman–Crippen LogP) is 6.24. The fourth-order valence-electron chi connectivity index (χ4n) is 2.72. The molecule has 3 aromatic carbocycles. The average molecular weight is 462 g/mol. The summed E-state index contributed by atoms with van der Waals surface area (Å²) in [6.45, 7) is 2.05. The lowest BCUT2D eigenvalue weighted by Crippen LogP contribution is -2.19. The van der Waals surface area contributed by atoms with Crippen LogP contribution in [0.25, 0.3) is 10.8 Å².